The zero-order valence-electron chi connectivity index (χ0n) is 15.7. The molecule has 27 heavy (non-hydrogen) atoms. The highest BCUT2D eigenvalue weighted by Gasteiger charge is 2.20. The van der Waals surface area contributed by atoms with Crippen LogP contribution < -0.4 is 4.90 Å². The monoisotopic (exact) mass is 381 g/mol. The lowest BCUT2D eigenvalue weighted by Crippen LogP contribution is -2.46. The number of hydrogen-bond acceptors (Lipinski definition) is 4. The molecule has 1 saturated heterocycles. The lowest BCUT2D eigenvalue weighted by molar-refractivity contribution is 0.249. The van der Waals surface area contributed by atoms with Crippen LogP contribution in [0.4, 0.5) is 5.82 Å². The van der Waals surface area contributed by atoms with Crippen LogP contribution in [-0.4, -0.2) is 46.3 Å². The summed E-state index contributed by atoms with van der Waals surface area (Å²) in [6, 6.07) is 10.5. The third-order valence-electron chi connectivity index (χ3n) is 5.32. The molecule has 0 radical (unpaired) electrons. The maximum atomic E-state index is 5.94. The Morgan fingerprint density at radius 2 is 1.81 bits per heavy atom. The van der Waals surface area contributed by atoms with Crippen LogP contribution in [-0.2, 0) is 6.54 Å². The molecule has 0 amide bonds. The molecule has 2 aromatic heterocycles. The molecule has 1 aliphatic heterocycles. The average Bonchev–Trinajstić information content (AvgIpc) is 3.13. The van der Waals surface area contributed by atoms with E-state index in [4.69, 9.17) is 11.6 Å². The van der Waals surface area contributed by atoms with Gasteiger partial charge in [0.05, 0.1) is 16.9 Å². The van der Waals surface area contributed by atoms with E-state index in [2.05, 4.69) is 57.0 Å². The second kappa shape index (κ2) is 7.71. The Kier molecular flexibility index (Phi) is 5.14. The number of H-pyrrole nitrogens is 1. The molecule has 0 atom stereocenters. The fourth-order valence-corrected chi connectivity index (χ4v) is 3.62. The first-order valence-electron chi connectivity index (χ1n) is 9.29. The van der Waals surface area contributed by atoms with Crippen molar-refractivity contribution in [2.24, 2.45) is 0 Å². The van der Waals surface area contributed by atoms with E-state index in [0.717, 1.165) is 44.2 Å². The Hall–Kier alpha value is -2.37. The second-order valence-electron chi connectivity index (χ2n) is 7.17. The van der Waals surface area contributed by atoms with Crippen LogP contribution in [0.1, 0.15) is 16.7 Å². The molecular formula is C21H24ClN5. The lowest BCUT2D eigenvalue weighted by atomic mass is 10.0. The molecule has 5 nitrogen and oxygen atoms in total. The minimum Gasteiger partial charge on any atom is -0.354 e. The minimum atomic E-state index is 0.677. The zero-order valence-corrected chi connectivity index (χ0v) is 16.5. The molecule has 140 valence electrons. The Labute approximate surface area is 165 Å². The number of anilines is 1. The standard InChI is InChI=1S/C21H24ClN5/c1-15-3-4-17(11-16(15)2)21-18(12-24-25-21)14-26-7-9-27(10-8-26)20-6-5-19(22)13-23-20/h3-6,11-13H,7-10,14H2,1-2H3,(H,24,25). The van der Waals surface area contributed by atoms with Crippen molar-refractivity contribution in [3.8, 4) is 11.3 Å². The molecule has 0 bridgehead atoms. The van der Waals surface area contributed by atoms with Gasteiger partial charge >= 0.3 is 0 Å². The van der Waals surface area contributed by atoms with E-state index < -0.39 is 0 Å². The number of aromatic nitrogens is 3. The van der Waals surface area contributed by atoms with Crippen LogP contribution in [0.15, 0.2) is 42.7 Å². The van der Waals surface area contributed by atoms with Crippen molar-refractivity contribution < 1.29 is 0 Å². The number of pyridine rings is 1. The first kappa shape index (κ1) is 18.0. The van der Waals surface area contributed by atoms with Gasteiger partial charge in [-0.2, -0.15) is 5.10 Å². The van der Waals surface area contributed by atoms with Gasteiger partial charge in [-0.1, -0.05) is 23.7 Å². The van der Waals surface area contributed by atoms with Crippen LogP contribution >= 0.6 is 11.6 Å². The van der Waals surface area contributed by atoms with E-state index in [9.17, 15) is 0 Å². The summed E-state index contributed by atoms with van der Waals surface area (Å²) >= 11 is 5.94. The Balaban J connectivity index is 1.42. The van der Waals surface area contributed by atoms with Crippen LogP contribution in [0.25, 0.3) is 11.3 Å². The number of nitrogens with one attached hydrogen (secondary N) is 1. The molecule has 0 saturated carbocycles. The van der Waals surface area contributed by atoms with Crippen molar-refractivity contribution in [3.63, 3.8) is 0 Å². The lowest BCUT2D eigenvalue weighted by Gasteiger charge is -2.35. The summed E-state index contributed by atoms with van der Waals surface area (Å²) in [4.78, 5) is 9.22. The van der Waals surface area contributed by atoms with Crippen LogP contribution in [0.3, 0.4) is 0 Å². The van der Waals surface area contributed by atoms with E-state index in [1.165, 1.54) is 22.3 Å². The van der Waals surface area contributed by atoms with Crippen LogP contribution in [0.5, 0.6) is 0 Å². The van der Waals surface area contributed by atoms with Gasteiger partial charge in [0.25, 0.3) is 0 Å². The van der Waals surface area contributed by atoms with Gasteiger partial charge in [-0.05, 0) is 43.2 Å². The van der Waals surface area contributed by atoms with Gasteiger partial charge in [0.15, 0.2) is 0 Å². The largest absolute Gasteiger partial charge is 0.354 e. The molecule has 1 aliphatic rings. The SMILES string of the molecule is Cc1ccc(-c2[nH]ncc2CN2CCN(c3ccc(Cl)cn3)CC2)cc1C. The van der Waals surface area contributed by atoms with Crippen molar-refractivity contribution in [1.29, 1.82) is 0 Å². The third-order valence-corrected chi connectivity index (χ3v) is 5.54. The highest BCUT2D eigenvalue weighted by Crippen LogP contribution is 2.25. The summed E-state index contributed by atoms with van der Waals surface area (Å²) in [6.07, 6.45) is 3.67. The summed E-state index contributed by atoms with van der Waals surface area (Å²) in [7, 11) is 0. The number of hydrogen-bond donors (Lipinski definition) is 1. The van der Waals surface area contributed by atoms with Crippen LogP contribution in [0.2, 0.25) is 5.02 Å². The van der Waals surface area contributed by atoms with E-state index in [1.54, 1.807) is 6.20 Å². The van der Waals surface area contributed by atoms with Gasteiger partial charge in [-0.25, -0.2) is 4.98 Å². The van der Waals surface area contributed by atoms with E-state index in [1.807, 2.05) is 18.3 Å². The molecule has 0 aliphatic carbocycles. The van der Waals surface area contributed by atoms with Crippen molar-refractivity contribution >= 4 is 17.4 Å². The predicted octanol–water partition coefficient (Wildman–Crippen LogP) is 4.06. The first-order valence-corrected chi connectivity index (χ1v) is 9.66. The first-order chi connectivity index (χ1) is 13.1. The quantitative estimate of drug-likeness (QED) is 0.740. The fraction of sp³-hybridized carbons (Fsp3) is 0.333. The average molecular weight is 382 g/mol. The van der Waals surface area contributed by atoms with Crippen LogP contribution in [0, 0.1) is 13.8 Å². The van der Waals surface area contributed by atoms with Gasteiger partial charge < -0.3 is 4.90 Å². The number of piperazine rings is 1. The van der Waals surface area contributed by atoms with Gasteiger partial charge in [-0.3, -0.25) is 10.00 Å². The summed E-state index contributed by atoms with van der Waals surface area (Å²) in [5, 5.41) is 8.17. The number of halogens is 1. The molecule has 1 fully saturated rings. The third kappa shape index (κ3) is 3.99. The molecule has 0 spiro atoms. The molecule has 3 heterocycles. The summed E-state index contributed by atoms with van der Waals surface area (Å²) in [5.74, 6) is 0.998. The second-order valence-corrected chi connectivity index (χ2v) is 7.60. The number of benzene rings is 1. The number of rotatable bonds is 4. The van der Waals surface area contributed by atoms with E-state index in [0.29, 0.717) is 5.02 Å². The van der Waals surface area contributed by atoms with E-state index in [-0.39, 0.29) is 0 Å². The number of aromatic amines is 1. The summed E-state index contributed by atoms with van der Waals surface area (Å²) in [5.41, 5.74) is 6.19. The maximum absolute atomic E-state index is 5.94. The van der Waals surface area contributed by atoms with Crippen molar-refractivity contribution in [1.82, 2.24) is 20.1 Å². The van der Waals surface area contributed by atoms with E-state index >= 15 is 0 Å². The fourth-order valence-electron chi connectivity index (χ4n) is 3.51. The summed E-state index contributed by atoms with van der Waals surface area (Å²) < 4.78 is 0. The smallest absolute Gasteiger partial charge is 0.128 e. The topological polar surface area (TPSA) is 48.1 Å². The Bertz CT molecular complexity index is 911. The molecule has 3 aromatic rings. The molecule has 6 heteroatoms. The normalized spacial score (nSPS) is 15.3. The maximum Gasteiger partial charge on any atom is 0.128 e. The van der Waals surface area contributed by atoms with Crippen molar-refractivity contribution in [3.05, 3.63) is 64.4 Å². The molecule has 1 aromatic carbocycles. The van der Waals surface area contributed by atoms with Gasteiger partial charge in [0.1, 0.15) is 5.82 Å². The van der Waals surface area contributed by atoms with Gasteiger partial charge in [-0.15, -0.1) is 0 Å². The van der Waals surface area contributed by atoms with Gasteiger partial charge in [0, 0.05) is 50.0 Å². The van der Waals surface area contributed by atoms with Gasteiger partial charge in [0.2, 0.25) is 0 Å². The molecule has 0 unspecified atom stereocenters. The molecule has 4 rings (SSSR count). The Morgan fingerprint density at radius 1 is 1.00 bits per heavy atom. The summed E-state index contributed by atoms with van der Waals surface area (Å²) in [6.45, 7) is 9.13. The van der Waals surface area contributed by atoms with Crippen molar-refractivity contribution in [2.45, 2.75) is 20.4 Å². The van der Waals surface area contributed by atoms with Crippen molar-refractivity contribution in [2.75, 3.05) is 31.1 Å². The highest BCUT2D eigenvalue weighted by molar-refractivity contribution is 6.30. The molecular weight excluding hydrogens is 358 g/mol. The number of nitrogens with zero attached hydrogens (tertiary/aromatic N) is 4. The number of aryl methyl sites for hydroxylation is 2. The molecule has 1 N–H and O–H groups in total. The minimum absolute atomic E-state index is 0.677. The zero-order chi connectivity index (χ0) is 18.8. The predicted molar refractivity (Wildman–Crippen MR) is 110 cm³/mol. The highest BCUT2D eigenvalue weighted by atomic mass is 35.5. The Morgan fingerprint density at radius 3 is 2.52 bits per heavy atom.